The van der Waals surface area contributed by atoms with E-state index in [2.05, 4.69) is 15.3 Å². The van der Waals surface area contributed by atoms with Gasteiger partial charge in [-0.1, -0.05) is 0 Å². The Morgan fingerprint density at radius 2 is 2.00 bits per heavy atom. The molecule has 0 aliphatic rings. The van der Waals surface area contributed by atoms with Gasteiger partial charge in [0.25, 0.3) is 0 Å². The molecule has 2 aromatic heterocycles. The third kappa shape index (κ3) is 3.92. The molecule has 30 heavy (non-hydrogen) atoms. The van der Waals surface area contributed by atoms with E-state index in [1.165, 1.54) is 0 Å². The van der Waals surface area contributed by atoms with Crippen LogP contribution in [-0.4, -0.2) is 47.4 Å². The van der Waals surface area contributed by atoms with Crippen molar-refractivity contribution < 1.29 is 23.4 Å². The van der Waals surface area contributed by atoms with E-state index in [1.807, 2.05) is 29.8 Å². The van der Waals surface area contributed by atoms with Crippen molar-refractivity contribution in [2.45, 2.75) is 6.92 Å². The highest BCUT2D eigenvalue weighted by atomic mass is 16.5. The summed E-state index contributed by atoms with van der Waals surface area (Å²) in [4.78, 5) is 21.0. The molecule has 2 heterocycles. The minimum absolute atomic E-state index is 0.308. The number of rotatable bonds is 8. The zero-order valence-electron chi connectivity index (χ0n) is 17.0. The Hall–Kier alpha value is -3.59. The summed E-state index contributed by atoms with van der Waals surface area (Å²) < 4.78 is 23.3. The van der Waals surface area contributed by atoms with Crippen molar-refractivity contribution in [3.63, 3.8) is 0 Å². The van der Waals surface area contributed by atoms with Gasteiger partial charge in [-0.25, -0.2) is 9.78 Å². The highest BCUT2D eigenvalue weighted by Crippen LogP contribution is 2.27. The topological polar surface area (TPSA) is 101 Å². The number of benzene rings is 2. The van der Waals surface area contributed by atoms with Crippen molar-refractivity contribution in [3.05, 3.63) is 42.0 Å². The molecule has 0 saturated carbocycles. The Kier molecular flexibility index (Phi) is 5.53. The van der Waals surface area contributed by atoms with Gasteiger partial charge in [0.05, 0.1) is 29.8 Å². The summed E-state index contributed by atoms with van der Waals surface area (Å²) >= 11 is 0. The molecule has 0 radical (unpaired) electrons. The third-order valence-electron chi connectivity index (χ3n) is 4.53. The van der Waals surface area contributed by atoms with E-state index in [1.54, 1.807) is 32.2 Å². The maximum absolute atomic E-state index is 12.0. The number of fused-ring (bicyclic) bond motifs is 2. The Balaban J connectivity index is 1.57. The number of nitrogens with zero attached hydrogens (tertiary/aromatic N) is 3. The molecular formula is C21H22N4O5. The summed E-state index contributed by atoms with van der Waals surface area (Å²) in [6.45, 7) is 3.05. The number of nitrogens with one attached hydrogen (secondary N) is 1. The molecule has 0 aliphatic carbocycles. The van der Waals surface area contributed by atoms with Crippen LogP contribution in [0.5, 0.6) is 5.75 Å². The molecule has 0 fully saturated rings. The molecule has 0 spiro atoms. The molecule has 2 aromatic carbocycles. The lowest BCUT2D eigenvalue weighted by Gasteiger charge is -2.04. The first kappa shape index (κ1) is 19.7. The number of hydrogen-bond donors (Lipinski definition) is 1. The van der Waals surface area contributed by atoms with Crippen LogP contribution < -0.4 is 10.1 Å². The Morgan fingerprint density at radius 3 is 2.80 bits per heavy atom. The quantitative estimate of drug-likeness (QED) is 0.347. The summed E-state index contributed by atoms with van der Waals surface area (Å²) in [7, 11) is 3.49. The largest absolute Gasteiger partial charge is 0.491 e. The molecule has 0 atom stereocenters. The monoisotopic (exact) mass is 410 g/mol. The summed E-state index contributed by atoms with van der Waals surface area (Å²) in [5, 5.41) is 3.09. The molecule has 0 aliphatic heterocycles. The third-order valence-corrected chi connectivity index (χ3v) is 4.53. The van der Waals surface area contributed by atoms with Gasteiger partial charge in [0.2, 0.25) is 5.95 Å². The van der Waals surface area contributed by atoms with E-state index < -0.39 is 0 Å². The normalized spacial score (nSPS) is 11.2. The lowest BCUT2D eigenvalue weighted by Crippen LogP contribution is -2.04. The van der Waals surface area contributed by atoms with Crippen molar-refractivity contribution in [1.82, 2.24) is 14.5 Å². The summed E-state index contributed by atoms with van der Waals surface area (Å²) in [6, 6.07) is 11.0. The van der Waals surface area contributed by atoms with E-state index >= 15 is 0 Å². The van der Waals surface area contributed by atoms with E-state index in [4.69, 9.17) is 18.6 Å². The van der Waals surface area contributed by atoms with Crippen LogP contribution >= 0.6 is 0 Å². The number of oxazole rings is 1. The molecule has 0 amide bonds. The predicted octanol–water partition coefficient (Wildman–Crippen LogP) is 3.66. The average Bonchev–Trinajstić information content (AvgIpc) is 3.28. The van der Waals surface area contributed by atoms with E-state index in [-0.39, 0.29) is 5.97 Å². The summed E-state index contributed by atoms with van der Waals surface area (Å²) in [5.41, 5.74) is 3.26. The van der Waals surface area contributed by atoms with Crippen molar-refractivity contribution >= 4 is 40.1 Å². The minimum Gasteiger partial charge on any atom is -0.491 e. The summed E-state index contributed by atoms with van der Waals surface area (Å²) in [5.74, 6) is 0.840. The number of carbonyl (C=O) groups excluding carboxylic acids is 1. The second-order valence-electron chi connectivity index (χ2n) is 6.53. The van der Waals surface area contributed by atoms with Crippen LogP contribution in [0.4, 0.5) is 12.0 Å². The minimum atomic E-state index is -0.373. The smallest absolute Gasteiger partial charge is 0.338 e. The van der Waals surface area contributed by atoms with Crippen LogP contribution in [0.1, 0.15) is 17.3 Å². The number of carbonyl (C=O) groups is 1. The van der Waals surface area contributed by atoms with Gasteiger partial charge in [-0.3, -0.25) is 5.32 Å². The standard InChI is InChI=1S/C21H22N4O5/c1-4-28-19(26)13-5-8-17-16(11-13)22-20(25(17)2)24-21-23-15-7-6-14(12-18(15)30-21)29-10-9-27-3/h5-8,11-12H,4,9-10H2,1-3H3,(H,22,23,24). The van der Waals surface area contributed by atoms with E-state index in [0.29, 0.717) is 59.7 Å². The highest BCUT2D eigenvalue weighted by molar-refractivity contribution is 5.94. The number of aryl methyl sites for hydroxylation is 1. The molecule has 9 nitrogen and oxygen atoms in total. The lowest BCUT2D eigenvalue weighted by atomic mass is 10.2. The van der Waals surface area contributed by atoms with Gasteiger partial charge in [-0.2, -0.15) is 4.98 Å². The van der Waals surface area contributed by atoms with Crippen molar-refractivity contribution in [2.24, 2.45) is 7.05 Å². The number of ether oxygens (including phenoxy) is 3. The van der Waals surface area contributed by atoms with Gasteiger partial charge >= 0.3 is 12.0 Å². The molecule has 1 N–H and O–H groups in total. The second kappa shape index (κ2) is 8.42. The number of imidazole rings is 1. The maximum Gasteiger partial charge on any atom is 0.338 e. The SMILES string of the molecule is CCOC(=O)c1ccc2c(c1)nc(Nc1nc3ccc(OCCOC)cc3o1)n2C. The summed E-state index contributed by atoms with van der Waals surface area (Å²) in [6.07, 6.45) is 0. The molecule has 4 rings (SSSR count). The Morgan fingerprint density at radius 1 is 1.13 bits per heavy atom. The average molecular weight is 410 g/mol. The second-order valence-corrected chi connectivity index (χ2v) is 6.53. The fourth-order valence-corrected chi connectivity index (χ4v) is 3.04. The first-order chi connectivity index (χ1) is 14.6. The maximum atomic E-state index is 12.0. The molecule has 0 saturated heterocycles. The molecule has 4 aromatic rings. The lowest BCUT2D eigenvalue weighted by molar-refractivity contribution is 0.0526. The predicted molar refractivity (Wildman–Crippen MR) is 111 cm³/mol. The Labute approximate surface area is 172 Å². The molecule has 9 heteroatoms. The van der Waals surface area contributed by atoms with Gasteiger partial charge in [-0.05, 0) is 37.3 Å². The van der Waals surface area contributed by atoms with Gasteiger partial charge in [-0.15, -0.1) is 0 Å². The van der Waals surface area contributed by atoms with Gasteiger partial charge < -0.3 is 23.2 Å². The fraction of sp³-hybridized carbons (Fsp3) is 0.286. The molecule has 156 valence electrons. The highest BCUT2D eigenvalue weighted by Gasteiger charge is 2.15. The van der Waals surface area contributed by atoms with Crippen molar-refractivity contribution in [1.29, 1.82) is 0 Å². The van der Waals surface area contributed by atoms with Crippen LogP contribution in [0.25, 0.3) is 22.1 Å². The van der Waals surface area contributed by atoms with Crippen LogP contribution in [0.15, 0.2) is 40.8 Å². The number of hydrogen-bond acceptors (Lipinski definition) is 8. The van der Waals surface area contributed by atoms with Crippen molar-refractivity contribution in [2.75, 3.05) is 32.2 Å². The van der Waals surface area contributed by atoms with Crippen LogP contribution in [0.3, 0.4) is 0 Å². The van der Waals surface area contributed by atoms with Gasteiger partial charge in [0, 0.05) is 20.2 Å². The first-order valence-electron chi connectivity index (χ1n) is 9.52. The van der Waals surface area contributed by atoms with Crippen LogP contribution in [0.2, 0.25) is 0 Å². The fourth-order valence-electron chi connectivity index (χ4n) is 3.04. The van der Waals surface area contributed by atoms with Crippen molar-refractivity contribution in [3.8, 4) is 5.75 Å². The van der Waals surface area contributed by atoms with E-state index in [0.717, 1.165) is 5.52 Å². The number of aromatic nitrogens is 3. The zero-order chi connectivity index (χ0) is 21.1. The van der Waals surface area contributed by atoms with Crippen LogP contribution in [-0.2, 0) is 16.5 Å². The molecule has 0 unspecified atom stereocenters. The van der Waals surface area contributed by atoms with Gasteiger partial charge in [0.1, 0.15) is 17.9 Å². The number of anilines is 2. The molecule has 0 bridgehead atoms. The van der Waals surface area contributed by atoms with Crippen LogP contribution in [0, 0.1) is 0 Å². The van der Waals surface area contributed by atoms with E-state index in [9.17, 15) is 4.79 Å². The zero-order valence-corrected chi connectivity index (χ0v) is 17.0. The Bertz CT molecular complexity index is 1200. The van der Waals surface area contributed by atoms with Gasteiger partial charge in [0.15, 0.2) is 5.58 Å². The molecular weight excluding hydrogens is 388 g/mol. The first-order valence-corrected chi connectivity index (χ1v) is 9.52. The number of esters is 1. The number of methoxy groups -OCH3 is 1.